The van der Waals surface area contributed by atoms with Gasteiger partial charge in [0, 0.05) is 5.69 Å². The normalized spacial score (nSPS) is 11.4. The number of nitrogens with one attached hydrogen (secondary N) is 1. The first-order valence-electron chi connectivity index (χ1n) is 4.78. The third-order valence-corrected chi connectivity index (χ3v) is 2.71. The van der Waals surface area contributed by atoms with Crippen molar-refractivity contribution in [3.05, 3.63) is 28.0 Å². The Morgan fingerprint density at radius 3 is 2.56 bits per heavy atom. The molecular formula is C11H14BrFN2O. The van der Waals surface area contributed by atoms with Crippen molar-refractivity contribution in [1.82, 2.24) is 0 Å². The first kappa shape index (κ1) is 13.1. The summed E-state index contributed by atoms with van der Waals surface area (Å²) in [5, 5.41) is 2.66. The number of rotatable bonds is 2. The molecule has 0 fully saturated rings. The second kappa shape index (κ2) is 4.51. The molecule has 0 aromatic heterocycles. The number of aryl methyl sites for hydroxylation is 1. The van der Waals surface area contributed by atoms with Crippen LogP contribution in [-0.2, 0) is 4.79 Å². The highest BCUT2D eigenvalue weighted by molar-refractivity contribution is 9.10. The maximum absolute atomic E-state index is 13.1. The summed E-state index contributed by atoms with van der Waals surface area (Å²) in [4.78, 5) is 11.6. The van der Waals surface area contributed by atoms with Crippen LogP contribution in [0.3, 0.4) is 0 Å². The smallest absolute Gasteiger partial charge is 0.243 e. The Morgan fingerprint density at radius 1 is 1.50 bits per heavy atom. The van der Waals surface area contributed by atoms with Crippen molar-refractivity contribution in [3.8, 4) is 0 Å². The molecule has 0 atom stereocenters. The summed E-state index contributed by atoms with van der Waals surface area (Å²) in [6.07, 6.45) is 0. The number of carbonyl (C=O) groups is 1. The average molecular weight is 289 g/mol. The van der Waals surface area contributed by atoms with Crippen molar-refractivity contribution < 1.29 is 9.18 Å². The molecule has 0 aliphatic heterocycles. The molecule has 88 valence electrons. The van der Waals surface area contributed by atoms with E-state index in [2.05, 4.69) is 21.2 Å². The van der Waals surface area contributed by atoms with Crippen LogP contribution in [0.15, 0.2) is 16.6 Å². The molecule has 1 aromatic carbocycles. The topological polar surface area (TPSA) is 55.1 Å². The third kappa shape index (κ3) is 3.02. The summed E-state index contributed by atoms with van der Waals surface area (Å²) in [6, 6.07) is 2.87. The molecule has 16 heavy (non-hydrogen) atoms. The molecule has 1 rings (SSSR count). The summed E-state index contributed by atoms with van der Waals surface area (Å²) in [6.45, 7) is 4.93. The van der Waals surface area contributed by atoms with Gasteiger partial charge in [-0.2, -0.15) is 0 Å². The number of carbonyl (C=O) groups excluding carboxylic acids is 1. The minimum Gasteiger partial charge on any atom is -0.324 e. The molecule has 1 amide bonds. The second-order valence-corrected chi connectivity index (χ2v) is 5.11. The van der Waals surface area contributed by atoms with Gasteiger partial charge >= 0.3 is 0 Å². The van der Waals surface area contributed by atoms with Crippen LogP contribution in [0.1, 0.15) is 19.4 Å². The fourth-order valence-corrected chi connectivity index (χ4v) is 1.41. The average Bonchev–Trinajstić information content (AvgIpc) is 2.12. The highest BCUT2D eigenvalue weighted by Crippen LogP contribution is 2.24. The molecule has 0 saturated carbocycles. The molecule has 3 N–H and O–H groups in total. The van der Waals surface area contributed by atoms with Crippen molar-refractivity contribution in [3.63, 3.8) is 0 Å². The number of hydrogen-bond acceptors (Lipinski definition) is 2. The van der Waals surface area contributed by atoms with Gasteiger partial charge < -0.3 is 11.1 Å². The van der Waals surface area contributed by atoms with Gasteiger partial charge in [0.15, 0.2) is 0 Å². The zero-order chi connectivity index (χ0) is 12.5. The maximum Gasteiger partial charge on any atom is 0.243 e. The minimum atomic E-state index is -0.965. The standard InChI is InChI=1S/C11H14BrFN2O/c1-6-4-8(13)7(12)5-9(6)15-10(16)11(2,3)14/h4-5H,14H2,1-3H3,(H,15,16). The van der Waals surface area contributed by atoms with E-state index in [9.17, 15) is 9.18 Å². The first-order chi connectivity index (χ1) is 7.21. The molecule has 0 spiro atoms. The van der Waals surface area contributed by atoms with Gasteiger partial charge in [0.2, 0.25) is 5.91 Å². The third-order valence-electron chi connectivity index (χ3n) is 2.10. The predicted octanol–water partition coefficient (Wildman–Crippen LogP) is 2.57. The molecule has 0 heterocycles. The van der Waals surface area contributed by atoms with Gasteiger partial charge in [-0.3, -0.25) is 4.79 Å². The highest BCUT2D eigenvalue weighted by Gasteiger charge is 2.22. The molecule has 0 unspecified atom stereocenters. The van der Waals surface area contributed by atoms with E-state index in [1.165, 1.54) is 12.1 Å². The lowest BCUT2D eigenvalue weighted by Gasteiger charge is -2.19. The van der Waals surface area contributed by atoms with Gasteiger partial charge in [0.1, 0.15) is 5.82 Å². The van der Waals surface area contributed by atoms with Gasteiger partial charge in [-0.05, 0) is 54.4 Å². The molecule has 0 bridgehead atoms. The van der Waals surface area contributed by atoms with Crippen molar-refractivity contribution in [2.75, 3.05) is 5.32 Å². The van der Waals surface area contributed by atoms with E-state index in [-0.39, 0.29) is 11.7 Å². The number of benzene rings is 1. The van der Waals surface area contributed by atoms with Gasteiger partial charge in [-0.25, -0.2) is 4.39 Å². The predicted molar refractivity (Wildman–Crippen MR) is 65.7 cm³/mol. The molecule has 1 aromatic rings. The lowest BCUT2D eigenvalue weighted by molar-refractivity contribution is -0.120. The number of nitrogens with two attached hydrogens (primary N) is 1. The van der Waals surface area contributed by atoms with E-state index < -0.39 is 5.54 Å². The van der Waals surface area contributed by atoms with Gasteiger partial charge in [0.05, 0.1) is 10.0 Å². The summed E-state index contributed by atoms with van der Waals surface area (Å²) in [7, 11) is 0. The van der Waals surface area contributed by atoms with E-state index in [4.69, 9.17) is 5.73 Å². The maximum atomic E-state index is 13.1. The molecular weight excluding hydrogens is 275 g/mol. The van der Waals surface area contributed by atoms with Crippen molar-refractivity contribution >= 4 is 27.5 Å². The first-order valence-corrected chi connectivity index (χ1v) is 5.57. The van der Waals surface area contributed by atoms with Crippen LogP contribution >= 0.6 is 15.9 Å². The fourth-order valence-electron chi connectivity index (χ4n) is 1.06. The SMILES string of the molecule is Cc1cc(F)c(Br)cc1NC(=O)C(C)(C)N. The van der Waals surface area contributed by atoms with Crippen molar-refractivity contribution in [2.45, 2.75) is 26.3 Å². The summed E-state index contributed by atoms with van der Waals surface area (Å²) >= 11 is 3.06. The van der Waals surface area contributed by atoms with Crippen LogP contribution in [0.2, 0.25) is 0 Å². The Balaban J connectivity index is 2.99. The fraction of sp³-hybridized carbons (Fsp3) is 0.364. The number of anilines is 1. The van der Waals surface area contributed by atoms with E-state index in [1.54, 1.807) is 20.8 Å². The Bertz CT molecular complexity index is 427. The largest absolute Gasteiger partial charge is 0.324 e. The minimum absolute atomic E-state index is 0.309. The quantitative estimate of drug-likeness (QED) is 0.879. The van der Waals surface area contributed by atoms with Crippen LogP contribution in [0.5, 0.6) is 0 Å². The van der Waals surface area contributed by atoms with E-state index in [0.29, 0.717) is 15.7 Å². The molecule has 5 heteroatoms. The van der Waals surface area contributed by atoms with Gasteiger partial charge in [0.25, 0.3) is 0 Å². The van der Waals surface area contributed by atoms with Crippen molar-refractivity contribution in [1.29, 1.82) is 0 Å². The lowest BCUT2D eigenvalue weighted by atomic mass is 10.1. The summed E-state index contributed by atoms with van der Waals surface area (Å²) in [5.41, 5.74) is 5.89. The van der Waals surface area contributed by atoms with Crippen LogP contribution in [0.25, 0.3) is 0 Å². The molecule has 0 radical (unpaired) electrons. The number of amides is 1. The highest BCUT2D eigenvalue weighted by atomic mass is 79.9. The number of hydrogen-bond donors (Lipinski definition) is 2. The molecule has 0 aliphatic rings. The van der Waals surface area contributed by atoms with E-state index in [1.807, 2.05) is 0 Å². The monoisotopic (exact) mass is 288 g/mol. The van der Waals surface area contributed by atoms with Crippen molar-refractivity contribution in [2.24, 2.45) is 5.73 Å². The Labute approximate surface area is 102 Å². The molecule has 0 aliphatic carbocycles. The van der Waals surface area contributed by atoms with Gasteiger partial charge in [-0.1, -0.05) is 0 Å². The Morgan fingerprint density at radius 2 is 2.06 bits per heavy atom. The number of halogens is 2. The molecule has 3 nitrogen and oxygen atoms in total. The lowest BCUT2D eigenvalue weighted by Crippen LogP contribution is -2.45. The second-order valence-electron chi connectivity index (χ2n) is 4.26. The van der Waals surface area contributed by atoms with Crippen LogP contribution in [-0.4, -0.2) is 11.4 Å². The summed E-state index contributed by atoms with van der Waals surface area (Å²) < 4.78 is 13.5. The zero-order valence-corrected chi connectivity index (χ0v) is 11.0. The van der Waals surface area contributed by atoms with E-state index in [0.717, 1.165) is 0 Å². The van der Waals surface area contributed by atoms with Gasteiger partial charge in [-0.15, -0.1) is 0 Å². The van der Waals surface area contributed by atoms with E-state index >= 15 is 0 Å². The summed E-state index contributed by atoms with van der Waals surface area (Å²) in [5.74, 6) is -0.670. The molecule has 0 saturated heterocycles. The van der Waals surface area contributed by atoms with Crippen LogP contribution in [0.4, 0.5) is 10.1 Å². The Hall–Kier alpha value is -0.940. The Kier molecular flexibility index (Phi) is 3.70. The van der Waals surface area contributed by atoms with Crippen LogP contribution < -0.4 is 11.1 Å². The zero-order valence-electron chi connectivity index (χ0n) is 9.40. The van der Waals surface area contributed by atoms with Crippen LogP contribution in [0, 0.1) is 12.7 Å².